The van der Waals surface area contributed by atoms with Crippen LogP contribution >= 0.6 is 15.9 Å². The summed E-state index contributed by atoms with van der Waals surface area (Å²) in [7, 11) is 0. The van der Waals surface area contributed by atoms with Gasteiger partial charge in [0.15, 0.2) is 0 Å². The lowest BCUT2D eigenvalue weighted by Gasteiger charge is -2.25. The first kappa shape index (κ1) is 11.1. The zero-order valence-corrected chi connectivity index (χ0v) is 10.8. The first-order chi connectivity index (χ1) is 7.31. The first-order valence-electron chi connectivity index (χ1n) is 5.83. The van der Waals surface area contributed by atoms with Crippen molar-refractivity contribution in [1.82, 2.24) is 14.8 Å². The number of aryl methyl sites for hydroxylation is 1. The molecule has 15 heavy (non-hydrogen) atoms. The van der Waals surface area contributed by atoms with Crippen LogP contribution in [0.2, 0.25) is 0 Å². The van der Waals surface area contributed by atoms with Gasteiger partial charge >= 0.3 is 0 Å². The molecule has 0 saturated heterocycles. The number of aromatic nitrogens is 3. The van der Waals surface area contributed by atoms with E-state index in [0.29, 0.717) is 10.7 Å². The van der Waals surface area contributed by atoms with Gasteiger partial charge in [-0.25, -0.2) is 9.67 Å². The van der Waals surface area contributed by atoms with Crippen LogP contribution in [-0.4, -0.2) is 19.6 Å². The maximum Gasteiger partial charge on any atom is 0.138 e. The summed E-state index contributed by atoms with van der Waals surface area (Å²) >= 11 is 3.72. The molecule has 0 amide bonds. The second kappa shape index (κ2) is 5.10. The summed E-state index contributed by atoms with van der Waals surface area (Å²) < 4.78 is 2.08. The molecule has 2 atom stereocenters. The maximum absolute atomic E-state index is 4.42. The summed E-state index contributed by atoms with van der Waals surface area (Å²) in [6.45, 7) is 3.18. The van der Waals surface area contributed by atoms with Crippen molar-refractivity contribution < 1.29 is 0 Å². The Balaban J connectivity index is 2.10. The topological polar surface area (TPSA) is 30.7 Å². The summed E-state index contributed by atoms with van der Waals surface area (Å²) in [5.41, 5.74) is 0. The fourth-order valence-corrected chi connectivity index (χ4v) is 3.11. The molecule has 1 aromatic heterocycles. The molecule has 0 aromatic carbocycles. The molecule has 0 aliphatic heterocycles. The zero-order chi connectivity index (χ0) is 10.7. The van der Waals surface area contributed by atoms with Crippen LogP contribution in [0.5, 0.6) is 0 Å². The summed E-state index contributed by atoms with van der Waals surface area (Å²) in [4.78, 5) is 5.09. The minimum Gasteiger partial charge on any atom is -0.250 e. The van der Waals surface area contributed by atoms with Crippen LogP contribution in [0.3, 0.4) is 0 Å². The van der Waals surface area contributed by atoms with Crippen molar-refractivity contribution in [2.45, 2.75) is 56.3 Å². The average molecular weight is 272 g/mol. The molecule has 1 aromatic rings. The average Bonchev–Trinajstić information content (AvgIpc) is 2.66. The van der Waals surface area contributed by atoms with Gasteiger partial charge in [-0.05, 0) is 25.7 Å². The van der Waals surface area contributed by atoms with Crippen molar-refractivity contribution >= 4 is 15.9 Å². The van der Waals surface area contributed by atoms with Crippen molar-refractivity contribution in [3.05, 3.63) is 12.2 Å². The molecule has 2 unspecified atom stereocenters. The van der Waals surface area contributed by atoms with Gasteiger partial charge in [-0.15, -0.1) is 0 Å². The number of rotatable bonds is 3. The Morgan fingerprint density at radius 2 is 2.40 bits per heavy atom. The van der Waals surface area contributed by atoms with Gasteiger partial charge in [0.05, 0.1) is 0 Å². The summed E-state index contributed by atoms with van der Waals surface area (Å²) in [6.07, 6.45) is 7.91. The Morgan fingerprint density at radius 1 is 1.53 bits per heavy atom. The number of hydrogen-bond donors (Lipinski definition) is 0. The van der Waals surface area contributed by atoms with E-state index in [4.69, 9.17) is 0 Å². The van der Waals surface area contributed by atoms with E-state index in [1.54, 1.807) is 6.33 Å². The van der Waals surface area contributed by atoms with Crippen molar-refractivity contribution in [3.63, 3.8) is 0 Å². The van der Waals surface area contributed by atoms with Crippen molar-refractivity contribution in [3.8, 4) is 0 Å². The van der Waals surface area contributed by atoms with Gasteiger partial charge in [-0.1, -0.05) is 29.3 Å². The van der Waals surface area contributed by atoms with Gasteiger partial charge in [0, 0.05) is 17.3 Å². The molecule has 2 rings (SSSR count). The molecule has 0 N–H and O–H groups in total. The van der Waals surface area contributed by atoms with Gasteiger partial charge in [-0.3, -0.25) is 0 Å². The zero-order valence-electron chi connectivity index (χ0n) is 9.19. The van der Waals surface area contributed by atoms with E-state index in [2.05, 4.69) is 37.6 Å². The molecule has 1 saturated carbocycles. The molecule has 1 fully saturated rings. The molecule has 4 heteroatoms. The molecular weight excluding hydrogens is 254 g/mol. The number of halogens is 1. The SMILES string of the molecule is CCCn1ncnc1C1CCCC(Br)C1. The lowest BCUT2D eigenvalue weighted by Crippen LogP contribution is -2.18. The monoisotopic (exact) mass is 271 g/mol. The minimum absolute atomic E-state index is 0.608. The molecule has 84 valence electrons. The van der Waals surface area contributed by atoms with Crippen LogP contribution in [0.1, 0.15) is 50.8 Å². The molecular formula is C11H18BrN3. The predicted molar refractivity (Wildman–Crippen MR) is 64.2 cm³/mol. The molecule has 1 heterocycles. The van der Waals surface area contributed by atoms with E-state index >= 15 is 0 Å². The van der Waals surface area contributed by atoms with Crippen molar-refractivity contribution in [1.29, 1.82) is 0 Å². The van der Waals surface area contributed by atoms with Crippen LogP contribution in [0.15, 0.2) is 6.33 Å². The van der Waals surface area contributed by atoms with E-state index in [0.717, 1.165) is 13.0 Å². The van der Waals surface area contributed by atoms with Crippen LogP contribution in [0.25, 0.3) is 0 Å². The minimum atomic E-state index is 0.608. The van der Waals surface area contributed by atoms with Gasteiger partial charge in [-0.2, -0.15) is 5.10 Å². The quantitative estimate of drug-likeness (QED) is 0.791. The Hall–Kier alpha value is -0.380. The van der Waals surface area contributed by atoms with Gasteiger partial charge in [0.25, 0.3) is 0 Å². The molecule has 0 radical (unpaired) electrons. The third kappa shape index (κ3) is 2.60. The van der Waals surface area contributed by atoms with Crippen molar-refractivity contribution in [2.75, 3.05) is 0 Å². The molecule has 3 nitrogen and oxygen atoms in total. The highest BCUT2D eigenvalue weighted by molar-refractivity contribution is 9.09. The van der Waals surface area contributed by atoms with Crippen LogP contribution in [0, 0.1) is 0 Å². The summed E-state index contributed by atoms with van der Waals surface area (Å²) in [5, 5.41) is 4.30. The van der Waals surface area contributed by atoms with Crippen LogP contribution in [0.4, 0.5) is 0 Å². The molecule has 0 spiro atoms. The van der Waals surface area contributed by atoms with E-state index in [9.17, 15) is 0 Å². The Labute approximate surface area is 99.4 Å². The largest absolute Gasteiger partial charge is 0.250 e. The molecule has 1 aliphatic rings. The van der Waals surface area contributed by atoms with Gasteiger partial charge in [0.2, 0.25) is 0 Å². The highest BCUT2D eigenvalue weighted by atomic mass is 79.9. The van der Waals surface area contributed by atoms with Crippen molar-refractivity contribution in [2.24, 2.45) is 0 Å². The van der Waals surface area contributed by atoms with Gasteiger partial charge in [0.1, 0.15) is 12.2 Å². The maximum atomic E-state index is 4.42. The lowest BCUT2D eigenvalue weighted by molar-refractivity contribution is 0.417. The second-order valence-corrected chi connectivity index (χ2v) is 5.60. The normalized spacial score (nSPS) is 26.8. The Morgan fingerprint density at radius 3 is 3.13 bits per heavy atom. The smallest absolute Gasteiger partial charge is 0.138 e. The number of nitrogens with zero attached hydrogens (tertiary/aromatic N) is 3. The predicted octanol–water partition coefficient (Wildman–Crippen LogP) is 3.11. The highest BCUT2D eigenvalue weighted by Gasteiger charge is 2.24. The van der Waals surface area contributed by atoms with Crippen LogP contribution < -0.4 is 0 Å². The van der Waals surface area contributed by atoms with E-state index in [-0.39, 0.29) is 0 Å². The summed E-state index contributed by atoms with van der Waals surface area (Å²) in [5.74, 6) is 1.80. The summed E-state index contributed by atoms with van der Waals surface area (Å²) in [6, 6.07) is 0. The standard InChI is InChI=1S/C11H18BrN3/c1-2-6-15-11(13-8-14-15)9-4-3-5-10(12)7-9/h8-10H,2-7H2,1H3. The Kier molecular flexibility index (Phi) is 3.78. The van der Waals surface area contributed by atoms with Gasteiger partial charge < -0.3 is 0 Å². The number of hydrogen-bond acceptors (Lipinski definition) is 2. The van der Waals surface area contributed by atoms with E-state index in [1.807, 2.05) is 0 Å². The fraction of sp³-hybridized carbons (Fsp3) is 0.818. The second-order valence-electron chi connectivity index (χ2n) is 4.30. The highest BCUT2D eigenvalue weighted by Crippen LogP contribution is 2.34. The first-order valence-corrected chi connectivity index (χ1v) is 6.74. The number of alkyl halides is 1. The molecule has 0 bridgehead atoms. The Bertz CT molecular complexity index is 311. The third-order valence-corrected chi connectivity index (χ3v) is 3.89. The third-order valence-electron chi connectivity index (χ3n) is 3.06. The molecule has 1 aliphatic carbocycles. The lowest BCUT2D eigenvalue weighted by atomic mass is 9.88. The van der Waals surface area contributed by atoms with Crippen LogP contribution in [-0.2, 0) is 6.54 Å². The van der Waals surface area contributed by atoms with E-state index in [1.165, 1.54) is 31.5 Å². The fourth-order valence-electron chi connectivity index (χ4n) is 2.34. The van der Waals surface area contributed by atoms with E-state index < -0.39 is 0 Å².